The van der Waals surface area contributed by atoms with Crippen LogP contribution in [0.3, 0.4) is 0 Å². The second-order valence-electron chi connectivity index (χ2n) is 4.95. The summed E-state index contributed by atoms with van der Waals surface area (Å²) >= 11 is 0. The summed E-state index contributed by atoms with van der Waals surface area (Å²) < 4.78 is 4.65. The Morgan fingerprint density at radius 1 is 1.17 bits per heavy atom. The number of rotatable bonds is 5. The Morgan fingerprint density at radius 2 is 1.83 bits per heavy atom. The maximum absolute atomic E-state index is 12.4. The minimum Gasteiger partial charge on any atom is -0.465 e. The molecule has 0 heterocycles. The van der Waals surface area contributed by atoms with Crippen LogP contribution < -0.4 is 5.32 Å². The van der Waals surface area contributed by atoms with E-state index in [0.29, 0.717) is 12.0 Å². The molecule has 0 aliphatic rings. The number of aryl methyl sites for hydroxylation is 1. The van der Waals surface area contributed by atoms with Gasteiger partial charge in [-0.15, -0.1) is 0 Å². The number of hydrogen-bond acceptors (Lipinski definition) is 5. The number of esters is 1. The summed E-state index contributed by atoms with van der Waals surface area (Å²) in [6, 6.07) is 10.7. The molecule has 0 atom stereocenters. The molecule has 0 fully saturated rings. The first kappa shape index (κ1) is 17.1. The highest BCUT2D eigenvalue weighted by Crippen LogP contribution is 2.24. The van der Waals surface area contributed by atoms with Crippen LogP contribution in [0.1, 0.15) is 33.2 Å². The van der Waals surface area contributed by atoms with Crippen molar-refractivity contribution >= 4 is 23.3 Å². The second kappa shape index (κ2) is 7.36. The Bertz CT molecular complexity index is 801. The van der Waals surface area contributed by atoms with Gasteiger partial charge in [0.25, 0.3) is 11.6 Å². The molecule has 0 saturated carbocycles. The molecule has 0 aliphatic heterocycles. The maximum Gasteiger partial charge on any atom is 0.338 e. The highest BCUT2D eigenvalue weighted by molar-refractivity contribution is 6.11. The van der Waals surface area contributed by atoms with E-state index < -0.39 is 16.8 Å². The number of hydrogen-bond donors (Lipinski definition) is 1. The summed E-state index contributed by atoms with van der Waals surface area (Å²) in [5.41, 5.74) is 1.05. The first-order chi connectivity index (χ1) is 11.5. The molecule has 0 aromatic heterocycles. The fourth-order valence-corrected chi connectivity index (χ4v) is 2.28. The van der Waals surface area contributed by atoms with Crippen molar-refractivity contribution in [3.8, 4) is 0 Å². The van der Waals surface area contributed by atoms with Crippen molar-refractivity contribution in [1.82, 2.24) is 0 Å². The standard InChI is InChI=1S/C17H16N2O5/c1-3-11-8-9-12(10-15(11)19(22)23)18-16(20)13-6-4-5-7-14(13)17(21)24-2/h4-10H,3H2,1-2H3,(H,18,20). The number of anilines is 1. The van der Waals surface area contributed by atoms with Gasteiger partial charge in [-0.1, -0.05) is 25.1 Å². The van der Waals surface area contributed by atoms with Gasteiger partial charge < -0.3 is 10.1 Å². The summed E-state index contributed by atoms with van der Waals surface area (Å²) in [5.74, 6) is -1.18. The van der Waals surface area contributed by atoms with Gasteiger partial charge in [-0.05, 0) is 24.6 Å². The fraction of sp³-hybridized carbons (Fsp3) is 0.176. The predicted molar refractivity (Wildman–Crippen MR) is 88.2 cm³/mol. The number of carbonyl (C=O) groups excluding carboxylic acids is 2. The van der Waals surface area contributed by atoms with Gasteiger partial charge in [0, 0.05) is 17.3 Å². The van der Waals surface area contributed by atoms with E-state index in [1.165, 1.54) is 25.3 Å². The average Bonchev–Trinajstić information content (AvgIpc) is 2.60. The number of ether oxygens (including phenoxy) is 1. The molecule has 0 aliphatic carbocycles. The SMILES string of the molecule is CCc1ccc(NC(=O)c2ccccc2C(=O)OC)cc1[N+](=O)[O-]. The molecule has 1 N–H and O–H groups in total. The molecule has 7 heteroatoms. The Balaban J connectivity index is 2.33. The van der Waals surface area contributed by atoms with E-state index in [1.54, 1.807) is 24.3 Å². The number of carbonyl (C=O) groups is 2. The number of nitro benzene ring substituents is 1. The molecule has 24 heavy (non-hydrogen) atoms. The van der Waals surface area contributed by atoms with Crippen molar-refractivity contribution in [3.05, 3.63) is 69.3 Å². The minimum atomic E-state index is -0.631. The number of nitrogens with zero attached hydrogens (tertiary/aromatic N) is 1. The van der Waals surface area contributed by atoms with E-state index in [2.05, 4.69) is 10.1 Å². The quantitative estimate of drug-likeness (QED) is 0.516. The van der Waals surface area contributed by atoms with Crippen LogP contribution >= 0.6 is 0 Å². The van der Waals surface area contributed by atoms with Crippen molar-refractivity contribution in [1.29, 1.82) is 0 Å². The molecular weight excluding hydrogens is 312 g/mol. The molecule has 7 nitrogen and oxygen atoms in total. The van der Waals surface area contributed by atoms with E-state index in [4.69, 9.17) is 0 Å². The van der Waals surface area contributed by atoms with Crippen LogP contribution in [0.2, 0.25) is 0 Å². The molecular formula is C17H16N2O5. The van der Waals surface area contributed by atoms with Crippen molar-refractivity contribution in [3.63, 3.8) is 0 Å². The van der Waals surface area contributed by atoms with Gasteiger partial charge >= 0.3 is 5.97 Å². The third-order valence-corrected chi connectivity index (χ3v) is 3.50. The zero-order valence-corrected chi connectivity index (χ0v) is 13.2. The zero-order chi connectivity index (χ0) is 17.7. The molecule has 2 rings (SSSR count). The van der Waals surface area contributed by atoms with Crippen LogP contribution in [-0.4, -0.2) is 23.9 Å². The van der Waals surface area contributed by atoms with Gasteiger partial charge in [0.1, 0.15) is 0 Å². The lowest BCUT2D eigenvalue weighted by molar-refractivity contribution is -0.385. The topological polar surface area (TPSA) is 98.5 Å². The first-order valence-corrected chi connectivity index (χ1v) is 7.24. The third-order valence-electron chi connectivity index (χ3n) is 3.50. The lowest BCUT2D eigenvalue weighted by Gasteiger charge is -2.09. The van der Waals surface area contributed by atoms with Gasteiger partial charge in [-0.2, -0.15) is 0 Å². The highest BCUT2D eigenvalue weighted by atomic mass is 16.6. The molecule has 2 aromatic rings. The largest absolute Gasteiger partial charge is 0.465 e. The van der Waals surface area contributed by atoms with E-state index in [-0.39, 0.29) is 22.5 Å². The second-order valence-corrected chi connectivity index (χ2v) is 4.95. The van der Waals surface area contributed by atoms with E-state index in [0.717, 1.165) is 0 Å². The zero-order valence-electron chi connectivity index (χ0n) is 13.2. The lowest BCUT2D eigenvalue weighted by Crippen LogP contribution is -2.17. The summed E-state index contributed by atoms with van der Waals surface area (Å²) in [4.78, 5) is 34.7. The Kier molecular flexibility index (Phi) is 5.26. The smallest absolute Gasteiger partial charge is 0.338 e. The molecule has 0 spiro atoms. The highest BCUT2D eigenvalue weighted by Gasteiger charge is 2.19. The van der Waals surface area contributed by atoms with Crippen LogP contribution in [0.25, 0.3) is 0 Å². The first-order valence-electron chi connectivity index (χ1n) is 7.24. The number of nitro groups is 1. The van der Waals surface area contributed by atoms with Gasteiger partial charge in [-0.3, -0.25) is 14.9 Å². The average molecular weight is 328 g/mol. The lowest BCUT2D eigenvalue weighted by atomic mass is 10.1. The van der Waals surface area contributed by atoms with Crippen molar-refractivity contribution in [2.24, 2.45) is 0 Å². The monoisotopic (exact) mass is 328 g/mol. The van der Waals surface area contributed by atoms with E-state index >= 15 is 0 Å². The molecule has 2 aromatic carbocycles. The molecule has 124 valence electrons. The van der Waals surface area contributed by atoms with Crippen molar-refractivity contribution in [2.45, 2.75) is 13.3 Å². The number of amides is 1. The van der Waals surface area contributed by atoms with Gasteiger partial charge in [0.05, 0.1) is 23.2 Å². The van der Waals surface area contributed by atoms with Crippen LogP contribution in [-0.2, 0) is 11.2 Å². The Hall–Kier alpha value is -3.22. The van der Waals surface area contributed by atoms with E-state index in [1.807, 2.05) is 6.92 Å². The van der Waals surface area contributed by atoms with Crippen LogP contribution in [0.5, 0.6) is 0 Å². The molecule has 0 radical (unpaired) electrons. The Morgan fingerprint density at radius 3 is 2.42 bits per heavy atom. The summed E-state index contributed by atoms with van der Waals surface area (Å²) in [6.07, 6.45) is 0.510. The summed E-state index contributed by atoms with van der Waals surface area (Å²) in [7, 11) is 1.23. The number of nitrogens with one attached hydrogen (secondary N) is 1. The fourth-order valence-electron chi connectivity index (χ4n) is 2.28. The van der Waals surface area contributed by atoms with Gasteiger partial charge in [0.2, 0.25) is 0 Å². The normalized spacial score (nSPS) is 10.1. The summed E-state index contributed by atoms with van der Waals surface area (Å²) in [5, 5.41) is 13.7. The maximum atomic E-state index is 12.4. The van der Waals surface area contributed by atoms with E-state index in [9.17, 15) is 19.7 Å². The molecule has 0 saturated heterocycles. The van der Waals surface area contributed by atoms with Crippen molar-refractivity contribution in [2.75, 3.05) is 12.4 Å². The predicted octanol–water partition coefficient (Wildman–Crippen LogP) is 3.20. The van der Waals surface area contributed by atoms with Crippen LogP contribution in [0.15, 0.2) is 42.5 Å². The van der Waals surface area contributed by atoms with Gasteiger partial charge in [-0.25, -0.2) is 4.79 Å². The Labute approximate surface area is 138 Å². The number of benzene rings is 2. The minimum absolute atomic E-state index is 0.0587. The van der Waals surface area contributed by atoms with Crippen molar-refractivity contribution < 1.29 is 19.2 Å². The molecule has 0 bridgehead atoms. The molecule has 1 amide bonds. The summed E-state index contributed by atoms with van der Waals surface area (Å²) in [6.45, 7) is 1.81. The molecule has 0 unspecified atom stereocenters. The van der Waals surface area contributed by atoms with Crippen LogP contribution in [0.4, 0.5) is 11.4 Å². The third kappa shape index (κ3) is 3.57. The van der Waals surface area contributed by atoms with Crippen LogP contribution in [0, 0.1) is 10.1 Å². The van der Waals surface area contributed by atoms with Gasteiger partial charge in [0.15, 0.2) is 0 Å². The number of methoxy groups -OCH3 is 1.